The lowest BCUT2D eigenvalue weighted by atomic mass is 10.1. The van der Waals surface area contributed by atoms with Crippen LogP contribution in [0.5, 0.6) is 0 Å². The molecule has 0 saturated heterocycles. The van der Waals surface area contributed by atoms with Crippen LogP contribution < -0.4 is 5.73 Å². The van der Waals surface area contributed by atoms with E-state index in [9.17, 15) is 0 Å². The third-order valence-electron chi connectivity index (χ3n) is 2.93. The lowest BCUT2D eigenvalue weighted by Crippen LogP contribution is -2.01. The van der Waals surface area contributed by atoms with Crippen LogP contribution in [0.1, 0.15) is 30.9 Å². The van der Waals surface area contributed by atoms with Crippen molar-refractivity contribution in [3.63, 3.8) is 0 Å². The highest BCUT2D eigenvalue weighted by Crippen LogP contribution is 2.21. The van der Waals surface area contributed by atoms with Gasteiger partial charge in [-0.25, -0.2) is 0 Å². The van der Waals surface area contributed by atoms with E-state index in [4.69, 9.17) is 15.0 Å². The van der Waals surface area contributed by atoms with Crippen molar-refractivity contribution in [1.82, 2.24) is 10.1 Å². The molecule has 5 nitrogen and oxygen atoms in total. The van der Waals surface area contributed by atoms with Crippen molar-refractivity contribution in [3.05, 3.63) is 48.4 Å². The van der Waals surface area contributed by atoms with E-state index in [2.05, 4.69) is 16.7 Å². The Balaban J connectivity index is 2.05. The molecule has 5 heteroatoms. The van der Waals surface area contributed by atoms with Gasteiger partial charge in [0.1, 0.15) is 6.10 Å². The summed E-state index contributed by atoms with van der Waals surface area (Å²) in [4.78, 5) is 4.35. The van der Waals surface area contributed by atoms with Crippen molar-refractivity contribution < 1.29 is 9.26 Å². The molecule has 2 aromatic rings. The second-order valence-electron chi connectivity index (χ2n) is 4.45. The number of hydrogen-bond acceptors (Lipinski definition) is 5. The Morgan fingerprint density at radius 3 is 2.80 bits per heavy atom. The van der Waals surface area contributed by atoms with E-state index in [1.807, 2.05) is 37.3 Å². The van der Waals surface area contributed by atoms with Crippen molar-refractivity contribution >= 4 is 0 Å². The minimum Gasteiger partial charge on any atom is -0.368 e. The fourth-order valence-corrected chi connectivity index (χ4v) is 1.71. The van der Waals surface area contributed by atoms with Gasteiger partial charge >= 0.3 is 0 Å². The first-order valence-corrected chi connectivity index (χ1v) is 6.60. The minimum absolute atomic E-state index is 0.223. The summed E-state index contributed by atoms with van der Waals surface area (Å²) in [6, 6.07) is 7.77. The van der Waals surface area contributed by atoms with Gasteiger partial charge in [-0.3, -0.25) is 0 Å². The topological polar surface area (TPSA) is 74.2 Å². The molecule has 1 atom stereocenters. The number of ether oxygens (including phenoxy) is 1. The van der Waals surface area contributed by atoms with Crippen LogP contribution in [0.15, 0.2) is 41.4 Å². The van der Waals surface area contributed by atoms with Gasteiger partial charge in [-0.05, 0) is 18.9 Å². The van der Waals surface area contributed by atoms with Gasteiger partial charge in [-0.2, -0.15) is 4.98 Å². The average Bonchev–Trinajstić information content (AvgIpc) is 2.97. The van der Waals surface area contributed by atoms with Crippen LogP contribution in [-0.4, -0.2) is 16.7 Å². The zero-order valence-electron chi connectivity index (χ0n) is 11.6. The van der Waals surface area contributed by atoms with E-state index in [1.165, 1.54) is 0 Å². The Morgan fingerprint density at radius 1 is 1.40 bits per heavy atom. The molecule has 1 aromatic heterocycles. The quantitative estimate of drug-likeness (QED) is 0.620. The van der Waals surface area contributed by atoms with Crippen LogP contribution in [0.2, 0.25) is 0 Å². The second kappa shape index (κ2) is 6.98. The van der Waals surface area contributed by atoms with Crippen molar-refractivity contribution in [1.29, 1.82) is 0 Å². The molecule has 20 heavy (non-hydrogen) atoms. The number of benzene rings is 1. The summed E-state index contributed by atoms with van der Waals surface area (Å²) in [6.07, 6.45) is 2.39. The fraction of sp³-hybridized carbons (Fsp3) is 0.333. The van der Waals surface area contributed by atoms with Gasteiger partial charge in [0, 0.05) is 12.1 Å². The maximum Gasteiger partial charge on any atom is 0.255 e. The molecule has 0 saturated carbocycles. The third kappa shape index (κ3) is 3.53. The summed E-state index contributed by atoms with van der Waals surface area (Å²) in [5, 5.41) is 3.97. The molecule has 2 N–H and O–H groups in total. The smallest absolute Gasteiger partial charge is 0.255 e. The van der Waals surface area contributed by atoms with E-state index in [0.717, 1.165) is 17.5 Å². The number of nitrogens with zero attached hydrogens (tertiary/aromatic N) is 2. The number of aromatic nitrogens is 2. The Bertz CT molecular complexity index is 549. The Morgan fingerprint density at radius 2 is 2.15 bits per heavy atom. The van der Waals surface area contributed by atoms with Gasteiger partial charge in [-0.1, -0.05) is 35.5 Å². The molecule has 0 aliphatic rings. The van der Waals surface area contributed by atoms with Crippen molar-refractivity contribution in [3.8, 4) is 11.4 Å². The van der Waals surface area contributed by atoms with E-state index < -0.39 is 0 Å². The van der Waals surface area contributed by atoms with Crippen molar-refractivity contribution in [2.75, 3.05) is 6.61 Å². The molecule has 1 unspecified atom stereocenters. The summed E-state index contributed by atoms with van der Waals surface area (Å²) in [6.45, 7) is 6.65. The summed E-state index contributed by atoms with van der Waals surface area (Å²) < 4.78 is 10.8. The molecule has 0 aliphatic carbocycles. The molecular weight excluding hydrogens is 254 g/mol. The maximum atomic E-state index is 5.57. The van der Waals surface area contributed by atoms with Gasteiger partial charge < -0.3 is 15.0 Å². The van der Waals surface area contributed by atoms with E-state index in [-0.39, 0.29) is 6.10 Å². The molecule has 0 aliphatic heterocycles. The van der Waals surface area contributed by atoms with Gasteiger partial charge in [-0.15, -0.1) is 6.58 Å². The van der Waals surface area contributed by atoms with Crippen LogP contribution >= 0.6 is 0 Å². The van der Waals surface area contributed by atoms with Crippen LogP contribution in [0, 0.1) is 0 Å². The van der Waals surface area contributed by atoms with E-state index in [0.29, 0.717) is 24.9 Å². The molecule has 0 spiro atoms. The number of nitrogens with two attached hydrogens (primary N) is 1. The van der Waals surface area contributed by atoms with E-state index >= 15 is 0 Å². The zero-order valence-corrected chi connectivity index (χ0v) is 11.6. The maximum absolute atomic E-state index is 5.57. The normalized spacial score (nSPS) is 12.3. The molecule has 0 bridgehead atoms. The number of rotatable bonds is 7. The van der Waals surface area contributed by atoms with Gasteiger partial charge in [0.15, 0.2) is 0 Å². The molecule has 106 valence electrons. The summed E-state index contributed by atoms with van der Waals surface area (Å²) >= 11 is 0. The SMILES string of the molecule is C=CCCOC(C)c1nc(-c2ccc(CN)cc2)no1. The minimum atomic E-state index is -0.223. The molecule has 0 fully saturated rings. The molecule has 1 heterocycles. The number of hydrogen-bond donors (Lipinski definition) is 1. The largest absolute Gasteiger partial charge is 0.368 e. The van der Waals surface area contributed by atoms with Crippen LogP contribution in [0.25, 0.3) is 11.4 Å². The van der Waals surface area contributed by atoms with Gasteiger partial charge in [0.05, 0.1) is 6.61 Å². The predicted molar refractivity (Wildman–Crippen MR) is 76.8 cm³/mol. The van der Waals surface area contributed by atoms with Gasteiger partial charge in [0.25, 0.3) is 5.89 Å². The highest BCUT2D eigenvalue weighted by atomic mass is 16.5. The molecule has 1 aromatic carbocycles. The molecular formula is C15H19N3O2. The standard InChI is InChI=1S/C15H19N3O2/c1-3-4-9-19-11(2)15-17-14(18-20-15)13-7-5-12(10-16)6-8-13/h3,5-8,11H,1,4,9-10,16H2,2H3. The highest BCUT2D eigenvalue weighted by Gasteiger charge is 2.15. The summed E-state index contributed by atoms with van der Waals surface area (Å²) in [5.41, 5.74) is 7.53. The Kier molecular flexibility index (Phi) is 5.03. The Hall–Kier alpha value is -1.98. The molecule has 0 radical (unpaired) electrons. The second-order valence-corrected chi connectivity index (χ2v) is 4.45. The first kappa shape index (κ1) is 14.4. The fourth-order valence-electron chi connectivity index (χ4n) is 1.71. The predicted octanol–water partition coefficient (Wildman–Crippen LogP) is 2.85. The Labute approximate surface area is 118 Å². The molecule has 2 rings (SSSR count). The zero-order chi connectivity index (χ0) is 14.4. The van der Waals surface area contributed by atoms with Crippen LogP contribution in [0.4, 0.5) is 0 Å². The third-order valence-corrected chi connectivity index (χ3v) is 2.93. The van der Waals surface area contributed by atoms with E-state index in [1.54, 1.807) is 0 Å². The summed E-state index contributed by atoms with van der Waals surface area (Å²) in [7, 11) is 0. The van der Waals surface area contributed by atoms with Crippen LogP contribution in [-0.2, 0) is 11.3 Å². The van der Waals surface area contributed by atoms with Crippen LogP contribution in [0.3, 0.4) is 0 Å². The monoisotopic (exact) mass is 273 g/mol. The van der Waals surface area contributed by atoms with Gasteiger partial charge in [0.2, 0.25) is 5.82 Å². The highest BCUT2D eigenvalue weighted by molar-refractivity contribution is 5.54. The summed E-state index contributed by atoms with van der Waals surface area (Å²) in [5.74, 6) is 1.04. The molecule has 0 amide bonds. The first-order chi connectivity index (χ1) is 9.74. The van der Waals surface area contributed by atoms with Crippen molar-refractivity contribution in [2.24, 2.45) is 5.73 Å². The lowest BCUT2D eigenvalue weighted by Gasteiger charge is -2.06. The van der Waals surface area contributed by atoms with Crippen molar-refractivity contribution in [2.45, 2.75) is 26.0 Å². The lowest BCUT2D eigenvalue weighted by molar-refractivity contribution is 0.0459. The first-order valence-electron chi connectivity index (χ1n) is 6.60. The average molecular weight is 273 g/mol.